The van der Waals surface area contributed by atoms with Gasteiger partial charge in [-0.3, -0.25) is 4.79 Å². The summed E-state index contributed by atoms with van der Waals surface area (Å²) in [5.74, 6) is 1.05. The van der Waals surface area contributed by atoms with E-state index in [1.165, 1.54) is 5.56 Å². The van der Waals surface area contributed by atoms with Crippen molar-refractivity contribution in [3.05, 3.63) is 65.7 Å². The first-order valence-corrected chi connectivity index (χ1v) is 7.09. The standard InChI is InChI=1S/C18H20O2/c1-2-15-10-12-17(13-11-15)20-14-6-9-18(19)16-7-4-3-5-8-16/h3-5,7-8,10-13H,2,6,9,14H2,1H3. The number of benzene rings is 2. The van der Waals surface area contributed by atoms with Gasteiger partial charge in [0, 0.05) is 12.0 Å². The Hall–Kier alpha value is -2.09. The van der Waals surface area contributed by atoms with Crippen molar-refractivity contribution in [2.45, 2.75) is 26.2 Å². The molecule has 0 amide bonds. The summed E-state index contributed by atoms with van der Waals surface area (Å²) in [7, 11) is 0. The van der Waals surface area contributed by atoms with Gasteiger partial charge in [-0.25, -0.2) is 0 Å². The molecule has 104 valence electrons. The van der Waals surface area contributed by atoms with E-state index in [1.807, 2.05) is 42.5 Å². The molecule has 0 heterocycles. The fourth-order valence-corrected chi connectivity index (χ4v) is 2.01. The zero-order chi connectivity index (χ0) is 14.2. The molecule has 0 unspecified atom stereocenters. The van der Waals surface area contributed by atoms with E-state index in [0.29, 0.717) is 13.0 Å². The van der Waals surface area contributed by atoms with E-state index < -0.39 is 0 Å². The maximum Gasteiger partial charge on any atom is 0.163 e. The molecule has 20 heavy (non-hydrogen) atoms. The average molecular weight is 268 g/mol. The van der Waals surface area contributed by atoms with Gasteiger partial charge in [0.15, 0.2) is 5.78 Å². The lowest BCUT2D eigenvalue weighted by molar-refractivity contribution is 0.0973. The van der Waals surface area contributed by atoms with Crippen LogP contribution in [0, 0.1) is 0 Å². The summed E-state index contributed by atoms with van der Waals surface area (Å²) < 4.78 is 5.64. The molecule has 0 aliphatic rings. The van der Waals surface area contributed by atoms with Gasteiger partial charge in [-0.2, -0.15) is 0 Å². The highest BCUT2D eigenvalue weighted by Gasteiger charge is 2.04. The summed E-state index contributed by atoms with van der Waals surface area (Å²) in [5, 5.41) is 0. The summed E-state index contributed by atoms with van der Waals surface area (Å²) in [5.41, 5.74) is 2.08. The highest BCUT2D eigenvalue weighted by Crippen LogP contribution is 2.13. The van der Waals surface area contributed by atoms with E-state index >= 15 is 0 Å². The average Bonchev–Trinajstić information content (AvgIpc) is 2.53. The summed E-state index contributed by atoms with van der Waals surface area (Å²) in [6, 6.07) is 17.5. The number of carbonyl (C=O) groups excluding carboxylic acids is 1. The van der Waals surface area contributed by atoms with Crippen molar-refractivity contribution >= 4 is 5.78 Å². The zero-order valence-corrected chi connectivity index (χ0v) is 11.8. The van der Waals surface area contributed by atoms with Crippen LogP contribution in [0.4, 0.5) is 0 Å². The van der Waals surface area contributed by atoms with E-state index in [2.05, 4.69) is 19.1 Å². The molecule has 0 N–H and O–H groups in total. The Labute approximate surface area is 120 Å². The lowest BCUT2D eigenvalue weighted by atomic mass is 10.1. The summed E-state index contributed by atoms with van der Waals surface area (Å²) >= 11 is 0. The first kappa shape index (κ1) is 14.3. The molecule has 2 aromatic carbocycles. The first-order valence-electron chi connectivity index (χ1n) is 7.09. The number of aryl methyl sites for hydroxylation is 1. The minimum atomic E-state index is 0.176. The van der Waals surface area contributed by atoms with Gasteiger partial charge in [0.1, 0.15) is 5.75 Å². The van der Waals surface area contributed by atoms with Crippen LogP contribution in [0.1, 0.15) is 35.7 Å². The number of ether oxygens (including phenoxy) is 1. The molecule has 2 aromatic rings. The SMILES string of the molecule is CCc1ccc(OCCCC(=O)c2ccccc2)cc1. The van der Waals surface area contributed by atoms with E-state index in [1.54, 1.807) is 0 Å². The topological polar surface area (TPSA) is 26.3 Å². The summed E-state index contributed by atoms with van der Waals surface area (Å²) in [6.45, 7) is 2.70. The number of Topliss-reactive ketones (excluding diaryl/α,β-unsaturated/α-hetero) is 1. The van der Waals surface area contributed by atoms with Crippen LogP contribution in [0.15, 0.2) is 54.6 Å². The Morgan fingerprint density at radius 3 is 2.35 bits per heavy atom. The molecule has 2 rings (SSSR count). The van der Waals surface area contributed by atoms with Crippen LogP contribution in [-0.2, 0) is 6.42 Å². The maximum atomic E-state index is 11.9. The molecule has 0 aromatic heterocycles. The molecule has 0 bridgehead atoms. The molecule has 0 radical (unpaired) electrons. The van der Waals surface area contributed by atoms with Gasteiger partial charge >= 0.3 is 0 Å². The Morgan fingerprint density at radius 2 is 1.70 bits per heavy atom. The Morgan fingerprint density at radius 1 is 1.00 bits per heavy atom. The van der Waals surface area contributed by atoms with Crippen molar-refractivity contribution in [2.24, 2.45) is 0 Å². The molecule has 2 heteroatoms. The molecule has 0 saturated carbocycles. The van der Waals surface area contributed by atoms with E-state index in [0.717, 1.165) is 24.2 Å². The second-order valence-corrected chi connectivity index (χ2v) is 4.74. The highest BCUT2D eigenvalue weighted by molar-refractivity contribution is 5.95. The monoisotopic (exact) mass is 268 g/mol. The highest BCUT2D eigenvalue weighted by atomic mass is 16.5. The predicted molar refractivity (Wildman–Crippen MR) is 81.3 cm³/mol. The summed E-state index contributed by atoms with van der Waals surface area (Å²) in [4.78, 5) is 11.9. The zero-order valence-electron chi connectivity index (χ0n) is 11.8. The molecule has 0 atom stereocenters. The van der Waals surface area contributed by atoms with Gasteiger partial charge < -0.3 is 4.74 Å². The van der Waals surface area contributed by atoms with Crippen LogP contribution < -0.4 is 4.74 Å². The molecular formula is C18H20O2. The number of carbonyl (C=O) groups is 1. The number of hydrogen-bond donors (Lipinski definition) is 0. The van der Waals surface area contributed by atoms with Gasteiger partial charge in [-0.15, -0.1) is 0 Å². The number of hydrogen-bond acceptors (Lipinski definition) is 2. The van der Waals surface area contributed by atoms with Crippen LogP contribution >= 0.6 is 0 Å². The summed E-state index contributed by atoms with van der Waals surface area (Å²) in [6.07, 6.45) is 2.30. The third-order valence-electron chi connectivity index (χ3n) is 3.24. The number of rotatable bonds is 7. The van der Waals surface area contributed by atoms with Gasteiger partial charge in [-0.1, -0.05) is 49.4 Å². The van der Waals surface area contributed by atoms with Crippen molar-refractivity contribution in [1.29, 1.82) is 0 Å². The molecular weight excluding hydrogens is 248 g/mol. The van der Waals surface area contributed by atoms with Crippen molar-refractivity contribution in [1.82, 2.24) is 0 Å². The van der Waals surface area contributed by atoms with Crippen LogP contribution in [0.3, 0.4) is 0 Å². The molecule has 0 aliphatic carbocycles. The van der Waals surface area contributed by atoms with Crippen LogP contribution in [0.5, 0.6) is 5.75 Å². The van der Waals surface area contributed by atoms with Gasteiger partial charge in [0.2, 0.25) is 0 Å². The normalized spacial score (nSPS) is 10.2. The predicted octanol–water partition coefficient (Wildman–Crippen LogP) is 4.29. The van der Waals surface area contributed by atoms with E-state index in [-0.39, 0.29) is 5.78 Å². The smallest absolute Gasteiger partial charge is 0.163 e. The van der Waals surface area contributed by atoms with Crippen molar-refractivity contribution < 1.29 is 9.53 Å². The Kier molecular flexibility index (Phi) is 5.36. The minimum absolute atomic E-state index is 0.176. The quantitative estimate of drug-likeness (QED) is 0.553. The third kappa shape index (κ3) is 4.23. The minimum Gasteiger partial charge on any atom is -0.494 e. The molecule has 0 fully saturated rings. The molecule has 0 aliphatic heterocycles. The number of ketones is 1. The largest absolute Gasteiger partial charge is 0.494 e. The van der Waals surface area contributed by atoms with Gasteiger partial charge in [-0.05, 0) is 30.5 Å². The lowest BCUT2D eigenvalue weighted by Crippen LogP contribution is -2.03. The van der Waals surface area contributed by atoms with Crippen molar-refractivity contribution in [2.75, 3.05) is 6.61 Å². The maximum absolute atomic E-state index is 11.9. The molecule has 2 nitrogen and oxygen atoms in total. The second-order valence-electron chi connectivity index (χ2n) is 4.74. The second kappa shape index (κ2) is 7.49. The van der Waals surface area contributed by atoms with Crippen LogP contribution in [-0.4, -0.2) is 12.4 Å². The molecule has 0 saturated heterocycles. The van der Waals surface area contributed by atoms with Gasteiger partial charge in [0.25, 0.3) is 0 Å². The Balaban J connectivity index is 1.72. The van der Waals surface area contributed by atoms with Crippen LogP contribution in [0.2, 0.25) is 0 Å². The van der Waals surface area contributed by atoms with E-state index in [4.69, 9.17) is 4.74 Å². The van der Waals surface area contributed by atoms with Crippen molar-refractivity contribution in [3.63, 3.8) is 0 Å². The fourth-order valence-electron chi connectivity index (χ4n) is 2.01. The van der Waals surface area contributed by atoms with E-state index in [9.17, 15) is 4.79 Å². The third-order valence-corrected chi connectivity index (χ3v) is 3.24. The first-order chi connectivity index (χ1) is 9.79. The molecule has 0 spiro atoms. The lowest BCUT2D eigenvalue weighted by Gasteiger charge is -2.06. The van der Waals surface area contributed by atoms with Gasteiger partial charge in [0.05, 0.1) is 6.61 Å². The van der Waals surface area contributed by atoms with Crippen molar-refractivity contribution in [3.8, 4) is 5.75 Å². The fraction of sp³-hybridized carbons (Fsp3) is 0.278. The Bertz CT molecular complexity index is 529. The van der Waals surface area contributed by atoms with Crippen LogP contribution in [0.25, 0.3) is 0 Å².